The molecule has 0 saturated heterocycles. The van der Waals surface area contributed by atoms with Gasteiger partial charge in [0.1, 0.15) is 23.9 Å². The highest BCUT2D eigenvalue weighted by Crippen LogP contribution is 2.21. The summed E-state index contributed by atoms with van der Waals surface area (Å²) >= 11 is 5.99. The first-order valence-electron chi connectivity index (χ1n) is 7.79. The Labute approximate surface area is 150 Å². The molecule has 5 heteroatoms. The number of aromatic hydroxyl groups is 1. The number of anilines is 1. The third-order valence-electron chi connectivity index (χ3n) is 3.70. The van der Waals surface area contributed by atoms with Crippen LogP contribution in [-0.4, -0.2) is 5.11 Å². The third kappa shape index (κ3) is 4.88. The summed E-state index contributed by atoms with van der Waals surface area (Å²) in [6.07, 6.45) is 0. The Morgan fingerprint density at radius 3 is 2.36 bits per heavy atom. The minimum Gasteiger partial charge on any atom is -0.508 e. The number of benzene rings is 3. The topological polar surface area (TPSA) is 41.5 Å². The molecule has 0 spiro atoms. The van der Waals surface area contributed by atoms with Crippen molar-refractivity contribution in [1.29, 1.82) is 0 Å². The molecule has 0 fully saturated rings. The predicted molar refractivity (Wildman–Crippen MR) is 97.6 cm³/mol. The van der Waals surface area contributed by atoms with E-state index in [9.17, 15) is 9.50 Å². The second-order valence-corrected chi connectivity index (χ2v) is 5.98. The molecule has 3 rings (SSSR count). The highest BCUT2D eigenvalue weighted by molar-refractivity contribution is 6.31. The van der Waals surface area contributed by atoms with Gasteiger partial charge in [0.15, 0.2) is 0 Å². The van der Waals surface area contributed by atoms with Crippen LogP contribution >= 0.6 is 11.6 Å². The molecular weight excluding hydrogens is 341 g/mol. The number of hydrogen-bond donors (Lipinski definition) is 2. The zero-order chi connectivity index (χ0) is 17.6. The van der Waals surface area contributed by atoms with Gasteiger partial charge in [-0.05, 0) is 54.1 Å². The molecule has 25 heavy (non-hydrogen) atoms. The summed E-state index contributed by atoms with van der Waals surface area (Å²) < 4.78 is 18.7. The Balaban J connectivity index is 1.54. The SMILES string of the molecule is Oc1ccc(NCc2ccc(OCc3ccc(F)cc3Cl)cc2)cc1. The lowest BCUT2D eigenvalue weighted by molar-refractivity contribution is 0.306. The van der Waals surface area contributed by atoms with Gasteiger partial charge >= 0.3 is 0 Å². The van der Waals surface area contributed by atoms with Crippen LogP contribution in [-0.2, 0) is 13.2 Å². The molecule has 0 saturated carbocycles. The quantitative estimate of drug-likeness (QED) is 0.582. The largest absolute Gasteiger partial charge is 0.508 e. The average molecular weight is 358 g/mol. The van der Waals surface area contributed by atoms with Crippen LogP contribution in [0.2, 0.25) is 5.02 Å². The maximum atomic E-state index is 13.0. The molecule has 0 amide bonds. The zero-order valence-electron chi connectivity index (χ0n) is 13.4. The van der Waals surface area contributed by atoms with E-state index in [-0.39, 0.29) is 18.2 Å². The van der Waals surface area contributed by atoms with Gasteiger partial charge in [0.2, 0.25) is 0 Å². The Bertz CT molecular complexity index is 835. The summed E-state index contributed by atoms with van der Waals surface area (Å²) in [6, 6.07) is 18.9. The fourth-order valence-electron chi connectivity index (χ4n) is 2.29. The second-order valence-electron chi connectivity index (χ2n) is 5.57. The normalized spacial score (nSPS) is 10.5. The summed E-state index contributed by atoms with van der Waals surface area (Å²) in [4.78, 5) is 0. The maximum absolute atomic E-state index is 13.0. The van der Waals surface area contributed by atoms with E-state index in [2.05, 4.69) is 5.32 Å². The van der Waals surface area contributed by atoms with Crippen molar-refractivity contribution in [3.8, 4) is 11.5 Å². The smallest absolute Gasteiger partial charge is 0.124 e. The van der Waals surface area contributed by atoms with Gasteiger partial charge in [-0.3, -0.25) is 0 Å². The Hall–Kier alpha value is -2.72. The van der Waals surface area contributed by atoms with Gasteiger partial charge in [0.25, 0.3) is 0 Å². The number of rotatable bonds is 6. The highest BCUT2D eigenvalue weighted by atomic mass is 35.5. The van der Waals surface area contributed by atoms with Gasteiger partial charge in [-0.25, -0.2) is 4.39 Å². The van der Waals surface area contributed by atoms with Crippen molar-refractivity contribution in [1.82, 2.24) is 0 Å². The summed E-state index contributed by atoms with van der Waals surface area (Å²) in [6.45, 7) is 0.944. The maximum Gasteiger partial charge on any atom is 0.124 e. The molecule has 3 aromatic rings. The molecule has 3 nitrogen and oxygen atoms in total. The van der Waals surface area contributed by atoms with Gasteiger partial charge in [-0.15, -0.1) is 0 Å². The van der Waals surface area contributed by atoms with E-state index in [1.165, 1.54) is 12.1 Å². The Morgan fingerprint density at radius 1 is 0.960 bits per heavy atom. The van der Waals surface area contributed by atoms with Crippen molar-refractivity contribution >= 4 is 17.3 Å². The third-order valence-corrected chi connectivity index (χ3v) is 4.05. The molecular formula is C20H17ClFNO2. The van der Waals surface area contributed by atoms with E-state index in [0.29, 0.717) is 17.3 Å². The van der Waals surface area contributed by atoms with Crippen molar-refractivity contribution in [3.63, 3.8) is 0 Å². The van der Waals surface area contributed by atoms with E-state index in [4.69, 9.17) is 16.3 Å². The van der Waals surface area contributed by atoms with Crippen molar-refractivity contribution in [2.75, 3.05) is 5.32 Å². The predicted octanol–water partition coefficient (Wildman–Crippen LogP) is 5.38. The van der Waals surface area contributed by atoms with E-state index >= 15 is 0 Å². The first kappa shape index (κ1) is 17.1. The van der Waals surface area contributed by atoms with Crippen LogP contribution in [0, 0.1) is 5.82 Å². The summed E-state index contributed by atoms with van der Waals surface area (Å²) in [5.41, 5.74) is 2.77. The van der Waals surface area contributed by atoms with E-state index in [1.54, 1.807) is 18.2 Å². The Kier molecular flexibility index (Phi) is 5.41. The lowest BCUT2D eigenvalue weighted by Gasteiger charge is -2.10. The fourth-order valence-corrected chi connectivity index (χ4v) is 2.51. The highest BCUT2D eigenvalue weighted by Gasteiger charge is 2.03. The molecule has 0 bridgehead atoms. The van der Waals surface area contributed by atoms with Crippen molar-refractivity contribution < 1.29 is 14.2 Å². The van der Waals surface area contributed by atoms with Crippen molar-refractivity contribution in [2.45, 2.75) is 13.2 Å². The molecule has 0 heterocycles. The summed E-state index contributed by atoms with van der Waals surface area (Å²) in [5.74, 6) is 0.598. The number of nitrogens with one attached hydrogen (secondary N) is 1. The molecule has 0 aliphatic heterocycles. The fraction of sp³-hybridized carbons (Fsp3) is 0.100. The van der Waals surface area contributed by atoms with Crippen LogP contribution in [0.5, 0.6) is 11.5 Å². The molecule has 128 valence electrons. The standard InChI is InChI=1S/C20H17ClFNO2/c21-20-11-16(22)4-3-15(20)13-25-19-9-1-14(2-10-19)12-23-17-5-7-18(24)8-6-17/h1-11,23-24H,12-13H2. The van der Waals surface area contributed by atoms with E-state index < -0.39 is 0 Å². The monoisotopic (exact) mass is 357 g/mol. The second kappa shape index (κ2) is 7.90. The van der Waals surface area contributed by atoms with Crippen LogP contribution < -0.4 is 10.1 Å². The van der Waals surface area contributed by atoms with Crippen molar-refractivity contribution in [3.05, 3.63) is 88.7 Å². The summed E-state index contributed by atoms with van der Waals surface area (Å²) in [7, 11) is 0. The number of halogens is 2. The number of phenols is 1. The van der Waals surface area contributed by atoms with Gasteiger partial charge in [-0.1, -0.05) is 29.8 Å². The average Bonchev–Trinajstić information content (AvgIpc) is 2.61. The van der Waals surface area contributed by atoms with Crippen LogP contribution in [0.15, 0.2) is 66.7 Å². The molecule has 0 aliphatic rings. The minimum atomic E-state index is -0.362. The van der Waals surface area contributed by atoms with Crippen LogP contribution in [0.3, 0.4) is 0 Å². The first-order valence-corrected chi connectivity index (χ1v) is 8.16. The summed E-state index contributed by atoms with van der Waals surface area (Å²) in [5, 5.41) is 12.9. The molecule has 0 radical (unpaired) electrons. The van der Waals surface area contributed by atoms with E-state index in [0.717, 1.165) is 16.8 Å². The molecule has 0 aromatic heterocycles. The first-order chi connectivity index (χ1) is 12.1. The van der Waals surface area contributed by atoms with E-state index in [1.807, 2.05) is 36.4 Å². The van der Waals surface area contributed by atoms with Crippen LogP contribution in [0.25, 0.3) is 0 Å². The molecule has 2 N–H and O–H groups in total. The molecule has 0 aliphatic carbocycles. The zero-order valence-corrected chi connectivity index (χ0v) is 14.1. The number of phenolic OH excluding ortho intramolecular Hbond substituents is 1. The van der Waals surface area contributed by atoms with Gasteiger partial charge in [0, 0.05) is 17.8 Å². The minimum absolute atomic E-state index is 0.244. The lowest BCUT2D eigenvalue weighted by Crippen LogP contribution is -2.00. The van der Waals surface area contributed by atoms with Crippen molar-refractivity contribution in [2.24, 2.45) is 0 Å². The van der Waals surface area contributed by atoms with Gasteiger partial charge in [0.05, 0.1) is 5.02 Å². The Morgan fingerprint density at radius 2 is 1.68 bits per heavy atom. The van der Waals surface area contributed by atoms with Crippen LogP contribution in [0.4, 0.5) is 10.1 Å². The van der Waals surface area contributed by atoms with Crippen LogP contribution in [0.1, 0.15) is 11.1 Å². The number of hydrogen-bond acceptors (Lipinski definition) is 3. The van der Waals surface area contributed by atoms with Gasteiger partial charge in [-0.2, -0.15) is 0 Å². The molecule has 0 unspecified atom stereocenters. The molecule has 0 atom stereocenters. The van der Waals surface area contributed by atoms with Gasteiger partial charge < -0.3 is 15.2 Å². The molecule has 3 aromatic carbocycles. The number of ether oxygens (including phenoxy) is 1. The lowest BCUT2D eigenvalue weighted by atomic mass is 10.2.